The third-order valence-corrected chi connectivity index (χ3v) is 11.4. The van der Waals surface area contributed by atoms with Gasteiger partial charge in [0.2, 0.25) is 15.9 Å². The number of hydrogen-bond donors (Lipinski definition) is 0. The van der Waals surface area contributed by atoms with Crippen LogP contribution in [0.2, 0.25) is 0 Å². The zero-order valence-electron chi connectivity index (χ0n) is 27.2. The van der Waals surface area contributed by atoms with Crippen LogP contribution in [0.4, 0.5) is 5.69 Å². The molecule has 0 fully saturated rings. The lowest BCUT2D eigenvalue weighted by Gasteiger charge is -2.24. The van der Waals surface area contributed by atoms with Crippen LogP contribution in [0, 0.1) is 0 Å². The van der Waals surface area contributed by atoms with Crippen molar-refractivity contribution in [1.29, 1.82) is 0 Å². The van der Waals surface area contributed by atoms with Gasteiger partial charge in [-0.15, -0.1) is 10.2 Å². The molecule has 0 spiro atoms. The van der Waals surface area contributed by atoms with Crippen LogP contribution in [-0.2, 0) is 21.2 Å². The van der Waals surface area contributed by atoms with Crippen LogP contribution < -0.4 is 4.90 Å². The lowest BCUT2D eigenvalue weighted by atomic mass is 9.92. The third-order valence-electron chi connectivity index (χ3n) is 8.44. The van der Waals surface area contributed by atoms with Gasteiger partial charge >= 0.3 is 0 Å². The first kappa shape index (κ1) is 32.9. The van der Waals surface area contributed by atoms with Crippen molar-refractivity contribution in [2.24, 2.45) is 0 Å². The number of thioether (sulfide) groups is 1. The SMILES string of the molecule is CCN(CC)S(=O)(=O)c1cccc(-c2nnc(SCC(=O)N3c4ccccc4C[C@@H]3C)n2-c2c(C(C)C)cccc2C(C)C)c1. The fourth-order valence-corrected chi connectivity index (χ4v) is 8.47. The smallest absolute Gasteiger partial charge is 0.243 e. The minimum Gasteiger partial charge on any atom is -0.308 e. The number of para-hydroxylation sites is 2. The van der Waals surface area contributed by atoms with Gasteiger partial charge < -0.3 is 4.90 Å². The highest BCUT2D eigenvalue weighted by atomic mass is 32.2. The summed E-state index contributed by atoms with van der Waals surface area (Å²) in [6.07, 6.45) is 0.833. The second-order valence-electron chi connectivity index (χ2n) is 12.1. The van der Waals surface area contributed by atoms with Crippen LogP contribution in [0.3, 0.4) is 0 Å². The number of aromatic nitrogens is 3. The van der Waals surface area contributed by atoms with Gasteiger partial charge in [-0.05, 0) is 60.1 Å². The summed E-state index contributed by atoms with van der Waals surface area (Å²) >= 11 is 1.36. The maximum atomic E-state index is 13.7. The maximum absolute atomic E-state index is 13.7. The molecule has 8 nitrogen and oxygen atoms in total. The summed E-state index contributed by atoms with van der Waals surface area (Å²) in [7, 11) is -3.69. The maximum Gasteiger partial charge on any atom is 0.243 e. The summed E-state index contributed by atoms with van der Waals surface area (Å²) in [6.45, 7) is 15.2. The molecular formula is C35H43N5O3S2. The number of anilines is 1. The summed E-state index contributed by atoms with van der Waals surface area (Å²) in [5, 5.41) is 9.88. The standard InChI is InChI=1S/C35H43N5O3S2/c1-8-38(9-2)45(42,43)28-16-12-15-27(21-28)34-36-37-35(40(34)33-29(23(3)4)17-13-18-30(33)24(5)6)44-22-32(41)39-25(7)20-26-14-10-11-19-31(26)39/h10-19,21,23-25H,8-9,20,22H2,1-7H3/t25-/m0/s1. The lowest BCUT2D eigenvalue weighted by Crippen LogP contribution is -2.37. The molecule has 0 aliphatic carbocycles. The predicted molar refractivity (Wildman–Crippen MR) is 183 cm³/mol. The predicted octanol–water partition coefficient (Wildman–Crippen LogP) is 7.28. The molecule has 0 bridgehead atoms. The van der Waals surface area contributed by atoms with E-state index in [0.717, 1.165) is 28.9 Å². The molecule has 0 saturated heterocycles. The average molecular weight is 646 g/mol. The summed E-state index contributed by atoms with van der Waals surface area (Å²) in [4.78, 5) is 15.8. The molecule has 0 saturated carbocycles. The van der Waals surface area contributed by atoms with Gasteiger partial charge in [-0.1, -0.05) is 102 Å². The molecule has 0 unspecified atom stereocenters. The van der Waals surface area contributed by atoms with Gasteiger partial charge in [0.1, 0.15) is 0 Å². The van der Waals surface area contributed by atoms with Gasteiger partial charge in [-0.3, -0.25) is 9.36 Å². The zero-order chi connectivity index (χ0) is 32.5. The van der Waals surface area contributed by atoms with E-state index in [2.05, 4.69) is 69.1 Å². The summed E-state index contributed by atoms with van der Waals surface area (Å²) in [6, 6.07) is 21.4. The molecule has 238 valence electrons. The van der Waals surface area contributed by atoms with Gasteiger partial charge in [0.05, 0.1) is 16.3 Å². The first-order chi connectivity index (χ1) is 21.5. The molecule has 1 aliphatic heterocycles. The molecule has 1 atom stereocenters. The van der Waals surface area contributed by atoms with Gasteiger partial charge in [-0.25, -0.2) is 8.42 Å². The highest BCUT2D eigenvalue weighted by molar-refractivity contribution is 7.99. The Hall–Kier alpha value is -3.47. The zero-order valence-corrected chi connectivity index (χ0v) is 28.8. The first-order valence-electron chi connectivity index (χ1n) is 15.7. The Kier molecular flexibility index (Phi) is 9.86. The number of amides is 1. The molecule has 2 heterocycles. The van der Waals surface area contributed by atoms with E-state index in [-0.39, 0.29) is 34.4 Å². The van der Waals surface area contributed by atoms with E-state index >= 15 is 0 Å². The number of sulfonamides is 1. The van der Waals surface area contributed by atoms with Gasteiger partial charge in [0.25, 0.3) is 0 Å². The Labute approximate surface area is 271 Å². The van der Waals surface area contributed by atoms with E-state index in [1.807, 2.05) is 47.6 Å². The van der Waals surface area contributed by atoms with E-state index < -0.39 is 10.0 Å². The molecule has 0 N–H and O–H groups in total. The van der Waals surface area contributed by atoms with Crippen molar-refractivity contribution >= 4 is 33.4 Å². The Morgan fingerprint density at radius 3 is 2.22 bits per heavy atom. The number of nitrogens with zero attached hydrogens (tertiary/aromatic N) is 5. The summed E-state index contributed by atoms with van der Waals surface area (Å²) in [5.41, 5.74) is 6.03. The minimum absolute atomic E-state index is 0.0158. The molecule has 45 heavy (non-hydrogen) atoms. The fourth-order valence-electron chi connectivity index (χ4n) is 6.17. The number of benzene rings is 3. The van der Waals surface area contributed by atoms with Crippen LogP contribution >= 0.6 is 11.8 Å². The molecule has 0 radical (unpaired) electrons. The molecule has 1 aromatic heterocycles. The molecule has 4 aromatic rings. The summed E-state index contributed by atoms with van der Waals surface area (Å²) < 4.78 is 30.4. The summed E-state index contributed by atoms with van der Waals surface area (Å²) in [5.74, 6) is 1.14. The van der Waals surface area contributed by atoms with Crippen molar-refractivity contribution in [2.45, 2.75) is 82.8 Å². The molecular weight excluding hydrogens is 603 g/mol. The van der Waals surface area contributed by atoms with E-state index in [4.69, 9.17) is 0 Å². The monoisotopic (exact) mass is 645 g/mol. The first-order valence-corrected chi connectivity index (χ1v) is 18.1. The van der Waals surface area contributed by atoms with E-state index in [0.29, 0.717) is 29.6 Å². The van der Waals surface area contributed by atoms with Crippen LogP contribution in [0.5, 0.6) is 0 Å². The number of rotatable bonds is 11. The van der Waals surface area contributed by atoms with E-state index in [9.17, 15) is 13.2 Å². The third kappa shape index (κ3) is 6.33. The number of carbonyl (C=O) groups excluding carboxylic acids is 1. The van der Waals surface area contributed by atoms with E-state index in [1.54, 1.807) is 18.2 Å². The van der Waals surface area contributed by atoms with Crippen molar-refractivity contribution in [1.82, 2.24) is 19.1 Å². The highest BCUT2D eigenvalue weighted by Crippen LogP contribution is 2.38. The fraction of sp³-hybridized carbons (Fsp3) is 0.400. The van der Waals surface area contributed by atoms with Crippen molar-refractivity contribution in [2.75, 3.05) is 23.7 Å². The second kappa shape index (κ2) is 13.5. The van der Waals surface area contributed by atoms with Crippen molar-refractivity contribution in [3.63, 3.8) is 0 Å². The topological polar surface area (TPSA) is 88.4 Å². The molecule has 3 aromatic carbocycles. The Morgan fingerprint density at radius 2 is 1.58 bits per heavy atom. The van der Waals surface area contributed by atoms with Crippen LogP contribution in [-0.4, -0.2) is 58.3 Å². The minimum atomic E-state index is -3.69. The Bertz CT molecular complexity index is 1770. The highest BCUT2D eigenvalue weighted by Gasteiger charge is 2.32. The molecule has 10 heteroatoms. The normalized spacial score (nSPS) is 15.0. The average Bonchev–Trinajstić information content (AvgIpc) is 3.60. The lowest BCUT2D eigenvalue weighted by molar-refractivity contribution is -0.116. The number of hydrogen-bond acceptors (Lipinski definition) is 6. The van der Waals surface area contributed by atoms with Crippen LogP contribution in [0.15, 0.2) is 76.8 Å². The van der Waals surface area contributed by atoms with Crippen molar-refractivity contribution in [3.05, 3.63) is 83.4 Å². The van der Waals surface area contributed by atoms with Gasteiger partial charge in [-0.2, -0.15) is 4.31 Å². The molecule has 5 rings (SSSR count). The van der Waals surface area contributed by atoms with Crippen LogP contribution in [0.25, 0.3) is 17.1 Å². The molecule has 1 amide bonds. The van der Waals surface area contributed by atoms with Gasteiger partial charge in [0, 0.05) is 30.4 Å². The van der Waals surface area contributed by atoms with Crippen molar-refractivity contribution in [3.8, 4) is 17.1 Å². The Morgan fingerprint density at radius 1 is 0.933 bits per heavy atom. The number of fused-ring (bicyclic) bond motifs is 1. The van der Waals surface area contributed by atoms with Gasteiger partial charge in [0.15, 0.2) is 11.0 Å². The molecule has 1 aliphatic rings. The number of carbonyl (C=O) groups is 1. The van der Waals surface area contributed by atoms with Crippen LogP contribution in [0.1, 0.15) is 77.0 Å². The largest absolute Gasteiger partial charge is 0.308 e. The van der Waals surface area contributed by atoms with Crippen molar-refractivity contribution < 1.29 is 13.2 Å². The Balaban J connectivity index is 1.63. The quantitative estimate of drug-likeness (QED) is 0.159. The second-order valence-corrected chi connectivity index (χ2v) is 15.0. The van der Waals surface area contributed by atoms with E-state index in [1.165, 1.54) is 21.6 Å².